The first kappa shape index (κ1) is 39.0. The summed E-state index contributed by atoms with van der Waals surface area (Å²) < 4.78 is 5.45. The van der Waals surface area contributed by atoms with Crippen LogP contribution in [-0.2, 0) is 22.4 Å². The number of carbonyl (C=O) groups is 4. The third-order valence-electron chi connectivity index (χ3n) is 8.60. The molecule has 2 atom stereocenters. The molecule has 0 fully saturated rings. The number of thioether (sulfide) groups is 1. The maximum atomic E-state index is 14.2. The van der Waals surface area contributed by atoms with Crippen LogP contribution in [0.4, 0.5) is 10.7 Å². The lowest BCUT2D eigenvalue weighted by Crippen LogP contribution is -2.26. The molecule has 1 aliphatic rings. The van der Waals surface area contributed by atoms with Crippen LogP contribution < -0.4 is 10.6 Å². The summed E-state index contributed by atoms with van der Waals surface area (Å²) >= 11 is 27.3. The molecule has 4 aromatic rings. The summed E-state index contributed by atoms with van der Waals surface area (Å²) in [5.74, 6) is -2.76. The fourth-order valence-electron chi connectivity index (χ4n) is 5.93. The second kappa shape index (κ2) is 16.2. The highest BCUT2D eigenvalue weighted by Crippen LogP contribution is 2.46. The normalized spacial score (nSPS) is 14.7. The molecule has 0 spiro atoms. The Morgan fingerprint density at radius 1 is 0.922 bits per heavy atom. The number of thiophene rings is 1. The van der Waals surface area contributed by atoms with E-state index in [1.54, 1.807) is 31.2 Å². The summed E-state index contributed by atoms with van der Waals surface area (Å²) in [5.41, 5.74) is 1.41. The van der Waals surface area contributed by atoms with Crippen LogP contribution in [0.3, 0.4) is 0 Å². The first-order valence-electron chi connectivity index (χ1n) is 16.0. The number of hydrogen-bond donors (Lipinski definition) is 3. The molecule has 51 heavy (non-hydrogen) atoms. The first-order valence-corrected chi connectivity index (χ1v) is 19.2. The smallest absolute Gasteiger partial charge is 0.341 e. The topological polar surface area (TPSA) is 122 Å². The number of benzene rings is 3. The zero-order valence-corrected chi connectivity index (χ0v) is 32.7. The van der Waals surface area contributed by atoms with Crippen molar-refractivity contribution in [2.24, 2.45) is 11.3 Å². The SMILES string of the molecule is CCOC(=O)c1c(NC(=O)C(Sc2cccc(NC(=O)c3c(Cl)c(Cl)c(Cl)c(Cl)c3C(=O)O)c2)c2ccccc2)sc2c1CCC(C(C)(C)C)C2. The number of esters is 1. The Hall–Kier alpha value is -3.25. The van der Waals surface area contributed by atoms with Gasteiger partial charge in [0, 0.05) is 15.5 Å². The van der Waals surface area contributed by atoms with Crippen molar-refractivity contribution in [3.8, 4) is 0 Å². The number of fused-ring (bicyclic) bond motifs is 1. The van der Waals surface area contributed by atoms with Gasteiger partial charge in [0.25, 0.3) is 5.91 Å². The van der Waals surface area contributed by atoms with Gasteiger partial charge in [0.1, 0.15) is 10.3 Å². The highest BCUT2D eigenvalue weighted by molar-refractivity contribution is 8.00. The fraction of sp³-hybridized carbons (Fsp3) is 0.297. The van der Waals surface area contributed by atoms with Crippen molar-refractivity contribution >= 4 is 104 Å². The molecular formula is C37H34Cl4N2O6S2. The van der Waals surface area contributed by atoms with Crippen molar-refractivity contribution < 1.29 is 29.0 Å². The van der Waals surface area contributed by atoms with E-state index in [2.05, 4.69) is 31.4 Å². The Labute approximate surface area is 324 Å². The molecule has 1 aromatic heterocycles. The second-order valence-corrected chi connectivity index (χ2v) is 16.7. The number of nitrogens with one attached hydrogen (secondary N) is 2. The highest BCUT2D eigenvalue weighted by atomic mass is 35.5. The van der Waals surface area contributed by atoms with E-state index < -0.39 is 39.2 Å². The van der Waals surface area contributed by atoms with Gasteiger partial charge in [0.2, 0.25) is 5.91 Å². The van der Waals surface area contributed by atoms with E-state index in [1.165, 1.54) is 23.1 Å². The highest BCUT2D eigenvalue weighted by Gasteiger charge is 2.35. The van der Waals surface area contributed by atoms with E-state index in [-0.39, 0.29) is 38.7 Å². The van der Waals surface area contributed by atoms with Gasteiger partial charge >= 0.3 is 11.9 Å². The van der Waals surface area contributed by atoms with Crippen LogP contribution in [0.5, 0.6) is 0 Å². The molecule has 3 aromatic carbocycles. The number of aromatic carboxylic acids is 1. The van der Waals surface area contributed by atoms with Crippen LogP contribution in [0.1, 0.15) is 86.4 Å². The van der Waals surface area contributed by atoms with Gasteiger partial charge in [-0.05, 0) is 66.8 Å². The van der Waals surface area contributed by atoms with Crippen LogP contribution in [0.15, 0.2) is 59.5 Å². The molecule has 2 amide bonds. The summed E-state index contributed by atoms with van der Waals surface area (Å²) in [6, 6.07) is 15.9. The van der Waals surface area contributed by atoms with Crippen molar-refractivity contribution in [1.29, 1.82) is 0 Å². The number of amides is 2. The molecule has 14 heteroatoms. The molecule has 0 radical (unpaired) electrons. The number of rotatable bonds is 10. The van der Waals surface area contributed by atoms with Gasteiger partial charge in [-0.15, -0.1) is 23.1 Å². The van der Waals surface area contributed by atoms with Crippen LogP contribution in [-0.4, -0.2) is 35.5 Å². The van der Waals surface area contributed by atoms with Crippen molar-refractivity contribution in [3.05, 3.63) is 107 Å². The predicted molar refractivity (Wildman–Crippen MR) is 207 cm³/mol. The average molecular weight is 809 g/mol. The van der Waals surface area contributed by atoms with Gasteiger partial charge in [-0.25, -0.2) is 9.59 Å². The van der Waals surface area contributed by atoms with E-state index in [1.807, 2.05) is 30.3 Å². The van der Waals surface area contributed by atoms with Gasteiger partial charge in [0.05, 0.1) is 43.4 Å². The zero-order chi connectivity index (χ0) is 37.2. The van der Waals surface area contributed by atoms with E-state index in [4.69, 9.17) is 51.1 Å². The number of carboxylic acids is 1. The molecule has 3 N–H and O–H groups in total. The maximum Gasteiger partial charge on any atom is 0.341 e. The summed E-state index contributed by atoms with van der Waals surface area (Å²) in [6.07, 6.45) is 2.47. The summed E-state index contributed by atoms with van der Waals surface area (Å²) in [5, 5.41) is 13.9. The van der Waals surface area contributed by atoms with E-state index in [9.17, 15) is 24.3 Å². The van der Waals surface area contributed by atoms with E-state index in [0.717, 1.165) is 29.7 Å². The van der Waals surface area contributed by atoms with Gasteiger partial charge in [-0.2, -0.15) is 0 Å². The molecule has 8 nitrogen and oxygen atoms in total. The predicted octanol–water partition coefficient (Wildman–Crippen LogP) is 11.1. The number of ether oxygens (including phenoxy) is 1. The number of carboxylic acid groups (broad SMARTS) is 1. The van der Waals surface area contributed by atoms with Crippen molar-refractivity contribution in [3.63, 3.8) is 0 Å². The number of anilines is 2. The standard InChI is InChI=1S/C37H34Cl4N2O6S2/c1-5-49-36(48)24-22-15-14-19(37(2,3)4)16-23(22)51-34(24)43-33(45)31(18-10-7-6-8-11-18)50-21-13-9-12-20(17-21)42-32(44)25-26(35(46)47)28(39)30(41)29(40)27(25)38/h6-13,17,19,31H,5,14-16H2,1-4H3,(H,42,44)(H,43,45)(H,46,47). The molecule has 0 bridgehead atoms. The van der Waals surface area contributed by atoms with Crippen molar-refractivity contribution in [2.75, 3.05) is 17.2 Å². The third kappa shape index (κ3) is 8.53. The van der Waals surface area contributed by atoms with Crippen LogP contribution in [0.2, 0.25) is 20.1 Å². The summed E-state index contributed by atoms with van der Waals surface area (Å²) in [7, 11) is 0. The minimum atomic E-state index is -1.52. The average Bonchev–Trinajstić information content (AvgIpc) is 3.44. The Balaban J connectivity index is 1.45. The summed E-state index contributed by atoms with van der Waals surface area (Å²) in [6.45, 7) is 8.62. The molecule has 1 heterocycles. The van der Waals surface area contributed by atoms with Gasteiger partial charge in [-0.3, -0.25) is 9.59 Å². The number of carbonyl (C=O) groups excluding carboxylic acids is 3. The maximum absolute atomic E-state index is 14.2. The molecular weight excluding hydrogens is 774 g/mol. The molecule has 268 valence electrons. The quantitative estimate of drug-likeness (QED) is 0.0631. The van der Waals surface area contributed by atoms with Crippen LogP contribution >= 0.6 is 69.5 Å². The van der Waals surface area contributed by atoms with Crippen LogP contribution in [0, 0.1) is 11.3 Å². The molecule has 0 saturated heterocycles. The second-order valence-electron chi connectivity index (χ2n) is 12.9. The third-order valence-corrected chi connectivity index (χ3v) is 12.8. The van der Waals surface area contributed by atoms with Crippen LogP contribution in [0.25, 0.3) is 0 Å². The Morgan fingerprint density at radius 3 is 2.22 bits per heavy atom. The first-order chi connectivity index (χ1) is 24.1. The van der Waals surface area contributed by atoms with Crippen molar-refractivity contribution in [1.82, 2.24) is 0 Å². The molecule has 1 aliphatic carbocycles. The minimum absolute atomic E-state index is 0.0952. The number of hydrogen-bond acceptors (Lipinski definition) is 7. The van der Waals surface area contributed by atoms with E-state index in [0.29, 0.717) is 26.9 Å². The molecule has 0 saturated carbocycles. The lowest BCUT2D eigenvalue weighted by molar-refractivity contribution is -0.115. The minimum Gasteiger partial charge on any atom is -0.478 e. The van der Waals surface area contributed by atoms with Gasteiger partial charge in [-0.1, -0.05) is 104 Å². The Morgan fingerprint density at radius 2 is 1.59 bits per heavy atom. The van der Waals surface area contributed by atoms with E-state index >= 15 is 0 Å². The molecule has 0 aliphatic heterocycles. The lowest BCUT2D eigenvalue weighted by atomic mass is 9.72. The largest absolute Gasteiger partial charge is 0.478 e. The van der Waals surface area contributed by atoms with Crippen molar-refractivity contribution in [2.45, 2.75) is 57.1 Å². The monoisotopic (exact) mass is 806 g/mol. The summed E-state index contributed by atoms with van der Waals surface area (Å²) in [4.78, 5) is 54.6. The number of halogens is 4. The Kier molecular flexibility index (Phi) is 12.4. The zero-order valence-electron chi connectivity index (χ0n) is 28.0. The fourth-order valence-corrected chi connectivity index (χ4v) is 9.35. The molecule has 2 unspecified atom stereocenters. The van der Waals surface area contributed by atoms with Gasteiger partial charge in [0.15, 0.2) is 0 Å². The lowest BCUT2D eigenvalue weighted by Gasteiger charge is -2.33. The van der Waals surface area contributed by atoms with Gasteiger partial charge < -0.3 is 20.5 Å². The Bertz CT molecular complexity index is 2010. The molecule has 5 rings (SSSR count).